The van der Waals surface area contributed by atoms with Crippen LogP contribution in [0.4, 0.5) is 10.2 Å². The van der Waals surface area contributed by atoms with Crippen molar-refractivity contribution in [3.05, 3.63) is 49.1 Å². The molecule has 8 heteroatoms. The van der Waals surface area contributed by atoms with Gasteiger partial charge in [0.15, 0.2) is 5.82 Å². The summed E-state index contributed by atoms with van der Waals surface area (Å²) < 4.78 is 16.6. The lowest BCUT2D eigenvalue weighted by atomic mass is 9.96. The molecule has 0 unspecified atom stereocenters. The molecule has 150 valence electrons. The molecule has 2 aromatic heterocycles. The van der Waals surface area contributed by atoms with Crippen LogP contribution in [0.2, 0.25) is 0 Å². The fourth-order valence-electron chi connectivity index (χ4n) is 4.48. The molecule has 2 aliphatic heterocycles. The molecular weight excluding hydrogens is 371 g/mol. The van der Waals surface area contributed by atoms with Crippen molar-refractivity contribution in [2.24, 2.45) is 0 Å². The molecule has 2 N–H and O–H groups in total. The number of alkyl halides is 1. The first-order valence-electron chi connectivity index (χ1n) is 9.88. The molecule has 0 radical (unpaired) electrons. The van der Waals surface area contributed by atoms with Gasteiger partial charge >= 0.3 is 0 Å². The molecule has 29 heavy (non-hydrogen) atoms. The van der Waals surface area contributed by atoms with Gasteiger partial charge in [0, 0.05) is 43.2 Å². The minimum Gasteiger partial charge on any atom is -0.507 e. The maximum Gasteiger partial charge on any atom is 0.151 e. The second-order valence-electron chi connectivity index (χ2n) is 7.85. The molecule has 2 saturated heterocycles. The first-order valence-corrected chi connectivity index (χ1v) is 9.88. The van der Waals surface area contributed by atoms with Crippen LogP contribution in [-0.4, -0.2) is 56.2 Å². The highest BCUT2D eigenvalue weighted by molar-refractivity contribution is 5.69. The van der Waals surface area contributed by atoms with Gasteiger partial charge in [0.1, 0.15) is 11.9 Å². The highest BCUT2D eigenvalue weighted by Gasteiger charge is 2.43. The third-order valence-electron chi connectivity index (χ3n) is 6.12. The van der Waals surface area contributed by atoms with Crippen molar-refractivity contribution in [2.45, 2.75) is 43.6 Å². The Kier molecular flexibility index (Phi) is 4.43. The van der Waals surface area contributed by atoms with E-state index in [1.54, 1.807) is 24.7 Å². The predicted molar refractivity (Wildman–Crippen MR) is 108 cm³/mol. The van der Waals surface area contributed by atoms with E-state index in [2.05, 4.69) is 20.5 Å². The van der Waals surface area contributed by atoms with E-state index >= 15 is 0 Å². The molecule has 5 rings (SSSR count). The van der Waals surface area contributed by atoms with Crippen LogP contribution in [0.1, 0.15) is 19.3 Å². The van der Waals surface area contributed by atoms with E-state index in [0.717, 1.165) is 24.9 Å². The number of anilines is 1. The number of rotatable bonds is 4. The first-order chi connectivity index (χ1) is 14.1. The van der Waals surface area contributed by atoms with Crippen LogP contribution in [0.25, 0.3) is 16.9 Å². The summed E-state index contributed by atoms with van der Waals surface area (Å²) in [6.07, 6.45) is 6.95. The van der Waals surface area contributed by atoms with Gasteiger partial charge in [-0.25, -0.2) is 9.37 Å². The maximum atomic E-state index is 14.8. The van der Waals surface area contributed by atoms with Gasteiger partial charge in [-0.15, -0.1) is 10.2 Å². The Hall–Kier alpha value is -3.00. The van der Waals surface area contributed by atoms with Crippen LogP contribution in [0.5, 0.6) is 5.75 Å². The SMILES string of the molecule is CN(c1ccc(-c2ccc(-n3ccnc3)cc2O)nn1)[C@H]1C[C@@H]2CC[C@@H](N2)[C@H]1F. The molecule has 0 aliphatic carbocycles. The molecule has 2 fully saturated rings. The van der Waals surface area contributed by atoms with E-state index in [0.29, 0.717) is 23.1 Å². The number of aromatic nitrogens is 4. The van der Waals surface area contributed by atoms with Crippen LogP contribution in [0, 0.1) is 0 Å². The van der Waals surface area contributed by atoms with Gasteiger partial charge in [-0.1, -0.05) is 0 Å². The lowest BCUT2D eigenvalue weighted by Gasteiger charge is -2.38. The number of phenolic OH excluding ortho intramolecular Hbond substituents is 1. The molecule has 7 nitrogen and oxygen atoms in total. The second-order valence-corrected chi connectivity index (χ2v) is 7.85. The third kappa shape index (κ3) is 3.23. The molecule has 0 amide bonds. The number of phenols is 1. The van der Waals surface area contributed by atoms with Crippen molar-refractivity contribution in [3.63, 3.8) is 0 Å². The van der Waals surface area contributed by atoms with Gasteiger partial charge in [-0.2, -0.15) is 0 Å². The standard InChI is InChI=1S/C21H23FN6O/c1-27(18-10-13-2-5-17(24-13)21(18)22)20-7-6-16(25-26-20)15-4-3-14(11-19(15)29)28-9-8-23-12-28/h3-4,6-9,11-13,17-18,21,24,29H,2,5,10H2,1H3/t13-,17+,18-,21+/m0/s1. The van der Waals surface area contributed by atoms with Gasteiger partial charge in [0.25, 0.3) is 0 Å². The van der Waals surface area contributed by atoms with E-state index < -0.39 is 6.17 Å². The molecule has 0 saturated carbocycles. The number of imidazole rings is 1. The minimum absolute atomic E-state index is 0.0561. The number of aromatic hydroxyl groups is 1. The number of nitrogens with one attached hydrogen (secondary N) is 1. The lowest BCUT2D eigenvalue weighted by Crippen LogP contribution is -2.55. The normalized spacial score (nSPS) is 25.9. The van der Waals surface area contributed by atoms with Gasteiger partial charge in [0.2, 0.25) is 0 Å². The summed E-state index contributed by atoms with van der Waals surface area (Å²) in [4.78, 5) is 5.91. The Morgan fingerprint density at radius 1 is 1.21 bits per heavy atom. The Bertz CT molecular complexity index is 993. The van der Waals surface area contributed by atoms with Crippen molar-refractivity contribution < 1.29 is 9.50 Å². The van der Waals surface area contributed by atoms with E-state index in [1.165, 1.54) is 0 Å². The highest BCUT2D eigenvalue weighted by atomic mass is 19.1. The van der Waals surface area contributed by atoms with Crippen LogP contribution >= 0.6 is 0 Å². The highest BCUT2D eigenvalue weighted by Crippen LogP contribution is 2.34. The third-order valence-corrected chi connectivity index (χ3v) is 6.12. The molecule has 2 bridgehead atoms. The van der Waals surface area contributed by atoms with Gasteiger partial charge in [-0.3, -0.25) is 0 Å². The Labute approximate surface area is 168 Å². The second kappa shape index (κ2) is 7.11. The van der Waals surface area contributed by atoms with E-state index in [9.17, 15) is 9.50 Å². The summed E-state index contributed by atoms with van der Waals surface area (Å²) in [6, 6.07) is 9.14. The number of hydrogen-bond donors (Lipinski definition) is 2. The number of fused-ring (bicyclic) bond motifs is 2. The van der Waals surface area contributed by atoms with Crippen molar-refractivity contribution in [2.75, 3.05) is 11.9 Å². The van der Waals surface area contributed by atoms with E-state index in [1.807, 2.05) is 40.9 Å². The smallest absolute Gasteiger partial charge is 0.151 e. The quantitative estimate of drug-likeness (QED) is 0.708. The molecule has 0 spiro atoms. The Morgan fingerprint density at radius 2 is 2.10 bits per heavy atom. The number of benzene rings is 1. The Morgan fingerprint density at radius 3 is 2.83 bits per heavy atom. The van der Waals surface area contributed by atoms with Crippen molar-refractivity contribution in [1.82, 2.24) is 25.1 Å². The topological polar surface area (TPSA) is 79.1 Å². The molecule has 2 aliphatic rings. The molecule has 3 aromatic rings. The molecule has 4 atom stereocenters. The summed E-state index contributed by atoms with van der Waals surface area (Å²) in [7, 11) is 1.88. The average Bonchev–Trinajstić information content (AvgIpc) is 3.41. The van der Waals surface area contributed by atoms with Crippen molar-refractivity contribution in [3.8, 4) is 22.7 Å². The van der Waals surface area contributed by atoms with Crippen molar-refractivity contribution in [1.29, 1.82) is 0 Å². The zero-order valence-corrected chi connectivity index (χ0v) is 16.1. The van der Waals surface area contributed by atoms with Crippen molar-refractivity contribution >= 4 is 5.82 Å². The number of halogens is 1. The number of hydrogen-bond acceptors (Lipinski definition) is 6. The molecule has 1 aromatic carbocycles. The van der Waals surface area contributed by atoms with Crippen LogP contribution < -0.4 is 10.2 Å². The summed E-state index contributed by atoms with van der Waals surface area (Å²) in [5.74, 6) is 0.752. The number of piperidine rings is 1. The number of nitrogens with zero attached hydrogens (tertiary/aromatic N) is 5. The summed E-state index contributed by atoms with van der Waals surface area (Å²) in [5.41, 5.74) is 1.97. The van der Waals surface area contributed by atoms with Gasteiger partial charge < -0.3 is 19.9 Å². The fourth-order valence-corrected chi connectivity index (χ4v) is 4.48. The average molecular weight is 394 g/mol. The Balaban J connectivity index is 1.36. The van der Waals surface area contributed by atoms with Crippen LogP contribution in [0.3, 0.4) is 0 Å². The largest absolute Gasteiger partial charge is 0.507 e. The first kappa shape index (κ1) is 18.1. The van der Waals surface area contributed by atoms with E-state index in [4.69, 9.17) is 0 Å². The lowest BCUT2D eigenvalue weighted by molar-refractivity contribution is 0.176. The monoisotopic (exact) mass is 394 g/mol. The molecule has 4 heterocycles. The minimum atomic E-state index is -0.917. The predicted octanol–water partition coefficient (Wildman–Crippen LogP) is 2.70. The van der Waals surface area contributed by atoms with Gasteiger partial charge in [0.05, 0.1) is 23.8 Å². The summed E-state index contributed by atoms with van der Waals surface area (Å²) in [6.45, 7) is 0. The van der Waals surface area contributed by atoms with Gasteiger partial charge in [-0.05, 0) is 43.5 Å². The zero-order valence-electron chi connectivity index (χ0n) is 16.1. The molecular formula is C21H23FN6O. The summed E-state index contributed by atoms with van der Waals surface area (Å²) >= 11 is 0. The summed E-state index contributed by atoms with van der Waals surface area (Å²) in [5, 5.41) is 22.4. The zero-order chi connectivity index (χ0) is 20.0. The fraction of sp³-hybridized carbons (Fsp3) is 0.381. The maximum absolute atomic E-state index is 14.8. The van der Waals surface area contributed by atoms with Crippen LogP contribution in [-0.2, 0) is 0 Å². The van der Waals surface area contributed by atoms with Crippen LogP contribution in [0.15, 0.2) is 49.1 Å². The van der Waals surface area contributed by atoms with E-state index in [-0.39, 0.29) is 17.8 Å².